The number of anilines is 1. The summed E-state index contributed by atoms with van der Waals surface area (Å²) in [5.74, 6) is 1.50. The van der Waals surface area contributed by atoms with Gasteiger partial charge in [0.05, 0.1) is 38.3 Å². The van der Waals surface area contributed by atoms with Crippen molar-refractivity contribution >= 4 is 22.8 Å². The molecule has 1 unspecified atom stereocenters. The van der Waals surface area contributed by atoms with Crippen LogP contribution < -0.4 is 14.8 Å². The quantitative estimate of drug-likeness (QED) is 0.675. The molecule has 1 aromatic carbocycles. The first-order chi connectivity index (χ1) is 14.5. The number of hydrogen-bond donors (Lipinski definition) is 1. The van der Waals surface area contributed by atoms with Gasteiger partial charge in [-0.2, -0.15) is 5.10 Å². The second-order valence-electron chi connectivity index (χ2n) is 7.71. The third kappa shape index (κ3) is 3.65. The van der Waals surface area contributed by atoms with Crippen LogP contribution >= 0.6 is 0 Å². The highest BCUT2D eigenvalue weighted by molar-refractivity contribution is 5.92. The number of hydrogen-bond acceptors (Lipinski definition) is 5. The molecule has 3 heterocycles. The zero-order chi connectivity index (χ0) is 21.3. The van der Waals surface area contributed by atoms with E-state index in [1.807, 2.05) is 33.8 Å². The second kappa shape index (κ2) is 8.22. The number of likely N-dealkylation sites (tertiary alicyclic amines) is 1. The van der Waals surface area contributed by atoms with Gasteiger partial charge in [-0.1, -0.05) is 0 Å². The maximum Gasteiger partial charge on any atom is 0.322 e. The molecule has 1 saturated heterocycles. The summed E-state index contributed by atoms with van der Waals surface area (Å²) >= 11 is 0. The Bertz CT molecular complexity index is 1060. The number of benzene rings is 1. The molecule has 3 aromatic rings. The summed E-state index contributed by atoms with van der Waals surface area (Å²) in [5.41, 5.74) is 2.42. The van der Waals surface area contributed by atoms with Crippen LogP contribution in [0, 0.1) is 0 Å². The van der Waals surface area contributed by atoms with E-state index in [1.54, 1.807) is 26.6 Å². The van der Waals surface area contributed by atoms with Gasteiger partial charge in [-0.15, -0.1) is 0 Å². The number of methoxy groups -OCH3 is 2. The van der Waals surface area contributed by atoms with E-state index in [4.69, 9.17) is 9.47 Å². The van der Waals surface area contributed by atoms with Crippen LogP contribution in [0.1, 0.15) is 44.3 Å². The van der Waals surface area contributed by atoms with Crippen molar-refractivity contribution in [2.24, 2.45) is 0 Å². The van der Waals surface area contributed by atoms with Gasteiger partial charge in [-0.3, -0.25) is 0 Å². The number of aromatic nitrogens is 3. The van der Waals surface area contributed by atoms with Crippen LogP contribution in [-0.2, 0) is 0 Å². The van der Waals surface area contributed by atoms with Gasteiger partial charge >= 0.3 is 6.03 Å². The lowest BCUT2D eigenvalue weighted by Gasteiger charge is -2.27. The Kier molecular flexibility index (Phi) is 5.48. The number of ether oxygens (including phenoxy) is 2. The van der Waals surface area contributed by atoms with Crippen molar-refractivity contribution in [3.05, 3.63) is 42.2 Å². The lowest BCUT2D eigenvalue weighted by atomic mass is 10.0. The summed E-state index contributed by atoms with van der Waals surface area (Å²) in [6.07, 6.45) is 5.25. The van der Waals surface area contributed by atoms with Gasteiger partial charge in [0.1, 0.15) is 11.5 Å². The fraction of sp³-hybridized carbons (Fsp3) is 0.409. The molecular formula is C22H27N5O3. The number of pyridine rings is 1. The fourth-order valence-corrected chi connectivity index (χ4v) is 4.01. The SMILES string of the molecule is COc1ccc(OC)c(C2CCCN2C(=O)Nc2cnc3c(cnn3C(C)C)c2)c1. The van der Waals surface area contributed by atoms with Crippen LogP contribution in [-0.4, -0.2) is 46.5 Å². The topological polar surface area (TPSA) is 81.5 Å². The minimum atomic E-state index is -0.153. The second-order valence-corrected chi connectivity index (χ2v) is 7.71. The molecule has 4 rings (SSSR count). The van der Waals surface area contributed by atoms with Crippen molar-refractivity contribution in [2.45, 2.75) is 38.8 Å². The summed E-state index contributed by atoms with van der Waals surface area (Å²) in [7, 11) is 3.28. The van der Waals surface area contributed by atoms with Gasteiger partial charge in [0.25, 0.3) is 0 Å². The van der Waals surface area contributed by atoms with Crippen LogP contribution in [0.2, 0.25) is 0 Å². The molecule has 2 aromatic heterocycles. The predicted molar refractivity (Wildman–Crippen MR) is 115 cm³/mol. The molecule has 1 N–H and O–H groups in total. The number of nitrogens with zero attached hydrogens (tertiary/aromatic N) is 4. The van der Waals surface area contributed by atoms with Crippen molar-refractivity contribution in [1.82, 2.24) is 19.7 Å². The Morgan fingerprint density at radius 2 is 2.03 bits per heavy atom. The van der Waals surface area contributed by atoms with E-state index >= 15 is 0 Å². The largest absolute Gasteiger partial charge is 0.497 e. The molecule has 0 bridgehead atoms. The van der Waals surface area contributed by atoms with E-state index in [0.717, 1.165) is 40.9 Å². The summed E-state index contributed by atoms with van der Waals surface area (Å²) in [4.78, 5) is 19.4. The van der Waals surface area contributed by atoms with Crippen molar-refractivity contribution < 1.29 is 14.3 Å². The van der Waals surface area contributed by atoms with Gasteiger partial charge in [-0.25, -0.2) is 14.5 Å². The van der Waals surface area contributed by atoms with E-state index in [0.29, 0.717) is 12.2 Å². The molecule has 1 fully saturated rings. The van der Waals surface area contributed by atoms with Gasteiger partial charge < -0.3 is 19.7 Å². The Hall–Kier alpha value is -3.29. The van der Waals surface area contributed by atoms with Gasteiger partial charge in [0.15, 0.2) is 5.65 Å². The highest BCUT2D eigenvalue weighted by Crippen LogP contribution is 2.39. The fourth-order valence-electron chi connectivity index (χ4n) is 4.01. The average Bonchev–Trinajstić information content (AvgIpc) is 3.40. The molecule has 2 amide bonds. The molecule has 158 valence electrons. The molecule has 0 aliphatic carbocycles. The van der Waals surface area contributed by atoms with Crippen LogP contribution in [0.15, 0.2) is 36.7 Å². The number of urea groups is 1. The van der Waals surface area contributed by atoms with Gasteiger partial charge in [0.2, 0.25) is 0 Å². The van der Waals surface area contributed by atoms with Crippen LogP contribution in [0.25, 0.3) is 11.0 Å². The first kappa shape index (κ1) is 20.0. The minimum Gasteiger partial charge on any atom is -0.497 e. The number of carbonyl (C=O) groups excluding carboxylic acids is 1. The Morgan fingerprint density at radius 3 is 2.77 bits per heavy atom. The number of rotatable bonds is 5. The maximum absolute atomic E-state index is 13.1. The smallest absolute Gasteiger partial charge is 0.322 e. The standard InChI is InChI=1S/C22H27N5O3/c1-14(2)27-21-15(12-24-27)10-16(13-23-21)25-22(28)26-9-5-6-19(26)18-11-17(29-3)7-8-20(18)30-4/h7-8,10-14,19H,5-6,9H2,1-4H3,(H,25,28). The molecule has 30 heavy (non-hydrogen) atoms. The van der Waals surface area contributed by atoms with Crippen molar-refractivity contribution in [3.63, 3.8) is 0 Å². The molecule has 0 spiro atoms. The highest BCUT2D eigenvalue weighted by atomic mass is 16.5. The zero-order valence-corrected chi connectivity index (χ0v) is 17.8. The van der Waals surface area contributed by atoms with E-state index in [1.165, 1.54) is 0 Å². The zero-order valence-electron chi connectivity index (χ0n) is 17.8. The van der Waals surface area contributed by atoms with Gasteiger partial charge in [-0.05, 0) is 51.0 Å². The molecule has 0 radical (unpaired) electrons. The Morgan fingerprint density at radius 1 is 1.20 bits per heavy atom. The lowest BCUT2D eigenvalue weighted by molar-refractivity contribution is 0.206. The first-order valence-corrected chi connectivity index (χ1v) is 10.1. The van der Waals surface area contributed by atoms with Crippen molar-refractivity contribution in [3.8, 4) is 11.5 Å². The van der Waals surface area contributed by atoms with Crippen LogP contribution in [0.3, 0.4) is 0 Å². The molecule has 8 nitrogen and oxygen atoms in total. The molecule has 8 heteroatoms. The van der Waals surface area contributed by atoms with Gasteiger partial charge in [0, 0.05) is 23.5 Å². The van der Waals surface area contributed by atoms with E-state index in [2.05, 4.69) is 29.2 Å². The molecule has 0 saturated carbocycles. The van der Waals surface area contributed by atoms with Crippen LogP contribution in [0.4, 0.5) is 10.5 Å². The van der Waals surface area contributed by atoms with Crippen molar-refractivity contribution in [1.29, 1.82) is 0 Å². The molecule has 1 atom stereocenters. The molecule has 1 aliphatic heterocycles. The van der Waals surface area contributed by atoms with Crippen molar-refractivity contribution in [2.75, 3.05) is 26.1 Å². The normalized spacial score (nSPS) is 16.3. The maximum atomic E-state index is 13.1. The van der Waals surface area contributed by atoms with Crippen LogP contribution in [0.5, 0.6) is 11.5 Å². The molecular weight excluding hydrogens is 382 g/mol. The molecule has 1 aliphatic rings. The van der Waals surface area contributed by atoms with E-state index in [-0.39, 0.29) is 18.1 Å². The summed E-state index contributed by atoms with van der Waals surface area (Å²) in [6.45, 7) is 4.80. The predicted octanol–water partition coefficient (Wildman–Crippen LogP) is 4.40. The Balaban J connectivity index is 1.57. The first-order valence-electron chi connectivity index (χ1n) is 10.1. The monoisotopic (exact) mass is 409 g/mol. The minimum absolute atomic E-state index is 0.0737. The lowest BCUT2D eigenvalue weighted by Crippen LogP contribution is -2.34. The third-order valence-corrected chi connectivity index (χ3v) is 5.48. The van der Waals surface area contributed by atoms with E-state index < -0.39 is 0 Å². The number of fused-ring (bicyclic) bond motifs is 1. The number of nitrogens with one attached hydrogen (secondary N) is 1. The average molecular weight is 409 g/mol. The number of amides is 2. The summed E-state index contributed by atoms with van der Waals surface area (Å²) < 4.78 is 12.8. The highest BCUT2D eigenvalue weighted by Gasteiger charge is 2.32. The third-order valence-electron chi connectivity index (χ3n) is 5.48. The van der Waals surface area contributed by atoms with E-state index in [9.17, 15) is 4.79 Å². The number of carbonyl (C=O) groups is 1. The Labute approximate surface area is 175 Å². The summed E-state index contributed by atoms with van der Waals surface area (Å²) in [5, 5.41) is 8.28. The summed E-state index contributed by atoms with van der Waals surface area (Å²) in [6, 6.07) is 7.59.